The summed E-state index contributed by atoms with van der Waals surface area (Å²) in [5.74, 6) is -1.89. The zero-order chi connectivity index (χ0) is 12.8. The molecule has 11 heteroatoms. The number of hydrogen-bond donors (Lipinski definition) is 0. The topological polar surface area (TPSA) is 112 Å². The van der Waals surface area contributed by atoms with E-state index in [1.807, 2.05) is 0 Å². The number of nitrogens with zero attached hydrogens (tertiary/aromatic N) is 2. The molecule has 0 bridgehead atoms. The first-order valence-electron chi connectivity index (χ1n) is 4.42. The average Bonchev–Trinajstić information content (AvgIpc) is 2.79. The summed E-state index contributed by atoms with van der Waals surface area (Å²) >= 11 is 0. The molecule has 0 atom stereocenters. The molecule has 2 aliphatic rings. The van der Waals surface area contributed by atoms with Crippen molar-refractivity contribution in [2.75, 3.05) is 0 Å². The molecule has 1 saturated heterocycles. The summed E-state index contributed by atoms with van der Waals surface area (Å²) in [6.45, 7) is 1.00. The van der Waals surface area contributed by atoms with Crippen molar-refractivity contribution in [3.63, 3.8) is 0 Å². The molecule has 0 N–H and O–H groups in total. The smallest absolute Gasteiger partial charge is 0.260 e. The zero-order valence-corrected chi connectivity index (χ0v) is 18.7. The number of imide groups is 2. The molecule has 3 radical (unpaired) electrons. The number of amides is 4. The Balaban J connectivity index is -0.000000262. The number of rotatable bonds is 2. The summed E-state index contributed by atoms with van der Waals surface area (Å²) in [5, 5.41) is 3.42. The van der Waals surface area contributed by atoms with Gasteiger partial charge in [-0.15, -0.1) is 5.06 Å². The maximum absolute atomic E-state index is 10.6. The Morgan fingerprint density at radius 2 is 1.35 bits per heavy atom. The largest absolute Gasteiger partial charge is 0.589 e. The van der Waals surface area contributed by atoms with E-state index in [0.717, 1.165) is 18.6 Å². The minimum atomic E-state index is -0.492. The van der Waals surface area contributed by atoms with Crippen LogP contribution in [0.15, 0.2) is 12.2 Å². The number of hydrogen-bond acceptors (Lipinski definition) is 6. The van der Waals surface area contributed by atoms with Crippen LogP contribution in [0.25, 0.3) is 5.32 Å². The molecule has 2 heterocycles. The minimum Gasteiger partial charge on any atom is -0.589 e. The molecule has 0 aromatic rings. The van der Waals surface area contributed by atoms with Crippen molar-refractivity contribution in [1.82, 2.24) is 5.06 Å². The molecule has 0 aliphatic carbocycles. The summed E-state index contributed by atoms with van der Waals surface area (Å²) in [6.07, 6.45) is 2.51. The van der Waals surface area contributed by atoms with Gasteiger partial charge in [0.1, 0.15) is 0 Å². The van der Waals surface area contributed by atoms with Crippen molar-refractivity contribution < 1.29 is 127 Å². The second kappa shape index (κ2) is 13.5. The molecule has 0 aromatic carbocycles. The van der Waals surface area contributed by atoms with Crippen LogP contribution in [0.3, 0.4) is 0 Å². The van der Waals surface area contributed by atoms with Crippen LogP contribution < -0.4 is 0 Å². The van der Waals surface area contributed by atoms with Crippen molar-refractivity contribution in [3.05, 3.63) is 17.5 Å². The molecule has 0 spiro atoms. The van der Waals surface area contributed by atoms with Gasteiger partial charge in [-0.25, -0.2) is 0 Å². The van der Waals surface area contributed by atoms with E-state index in [1.54, 1.807) is 0 Å². The Morgan fingerprint density at radius 1 is 0.950 bits per heavy atom. The van der Waals surface area contributed by atoms with Crippen LogP contribution in [-0.2, 0) is 127 Å². The summed E-state index contributed by atoms with van der Waals surface area (Å²) < 4.78 is 0. The second-order valence-corrected chi connectivity index (χ2v) is 2.88. The predicted octanol–water partition coefficient (Wildman–Crippen LogP) is -0.890. The molecule has 2 rings (SSSR count). The Morgan fingerprint density at radius 3 is 1.60 bits per heavy atom. The van der Waals surface area contributed by atoms with Gasteiger partial charge in [0.15, 0.2) is 0 Å². The third-order valence-corrected chi connectivity index (χ3v) is 1.72. The van der Waals surface area contributed by atoms with Crippen molar-refractivity contribution in [2.24, 2.45) is 0 Å². The van der Waals surface area contributed by atoms with Gasteiger partial charge in [0.25, 0.3) is 11.8 Å². The summed E-state index contributed by atoms with van der Waals surface area (Å²) in [4.78, 5) is 54.6. The monoisotopic (exact) mass is 505 g/mol. The van der Waals surface area contributed by atoms with Crippen LogP contribution in [0.4, 0.5) is 0 Å². The molecule has 2 aliphatic heterocycles. The van der Waals surface area contributed by atoms with Gasteiger partial charge in [0.05, 0.1) is 11.8 Å². The summed E-state index contributed by atoms with van der Waals surface area (Å²) in [6, 6.07) is 0. The van der Waals surface area contributed by atoms with Crippen molar-refractivity contribution in [3.8, 4) is 0 Å². The van der Waals surface area contributed by atoms with E-state index in [0.29, 0.717) is 5.06 Å². The first kappa shape index (κ1) is 25.7. The van der Waals surface area contributed by atoms with E-state index < -0.39 is 23.6 Å². The van der Waals surface area contributed by atoms with Crippen LogP contribution in [0, 0.1) is 0 Å². The Kier molecular flexibility index (Phi) is 17.3. The van der Waals surface area contributed by atoms with Crippen molar-refractivity contribution in [1.29, 1.82) is 0 Å². The third kappa shape index (κ3) is 8.95. The van der Waals surface area contributed by atoms with E-state index in [4.69, 9.17) is 0 Å². The predicted molar refractivity (Wildman–Crippen MR) is 50.4 cm³/mol. The summed E-state index contributed by atoms with van der Waals surface area (Å²) in [5.41, 5.74) is 0. The molecule has 0 unspecified atom stereocenters. The van der Waals surface area contributed by atoms with Crippen LogP contribution >= 0.6 is 0 Å². The molecule has 99 valence electrons. The van der Waals surface area contributed by atoms with Gasteiger partial charge in [-0.05, 0) is 18.6 Å². The van der Waals surface area contributed by atoms with Gasteiger partial charge in [-0.1, -0.05) is 0 Å². The van der Waals surface area contributed by atoms with Gasteiger partial charge in [0, 0.05) is 111 Å². The molecular weight excluding hydrogens is 499 g/mol. The fourth-order valence-corrected chi connectivity index (χ4v) is 1.02. The fourth-order valence-electron chi connectivity index (χ4n) is 1.02. The Bertz CT molecular complexity index is 394. The van der Waals surface area contributed by atoms with Crippen LogP contribution in [0.1, 0.15) is 12.8 Å². The molecule has 4 amide bonds. The minimum absolute atomic E-state index is 0. The Hall–Kier alpha value is 0.802. The molecule has 1 fully saturated rings. The van der Waals surface area contributed by atoms with Crippen LogP contribution in [0.5, 0.6) is 0 Å². The average molecular weight is 505 g/mol. The molecule has 0 aromatic heterocycles. The normalized spacial score (nSPS) is 15.1. The quantitative estimate of drug-likeness (QED) is 0.356. The van der Waals surface area contributed by atoms with Crippen molar-refractivity contribution >= 4 is 30.1 Å². The standard InChI is InChI=1S/C5H4NO4.C4H3NO2.3Y/c7-3-10-6-4(8)1-2-5(6)9;6-3-1-2-4(7)5-3;;;/h1-2H2;1-2H,(H,5,6,7);;;/q-1;;;;/p-1. The van der Waals surface area contributed by atoms with Crippen LogP contribution in [-0.4, -0.2) is 35.2 Å². The van der Waals surface area contributed by atoms with E-state index in [-0.39, 0.29) is 111 Å². The van der Waals surface area contributed by atoms with E-state index in [1.165, 1.54) is 0 Å². The van der Waals surface area contributed by atoms with Gasteiger partial charge in [-0.3, -0.25) is 9.59 Å². The number of hydroxylamine groups is 2. The van der Waals surface area contributed by atoms with Gasteiger partial charge < -0.3 is 24.5 Å². The number of carbonyl (C=O) groups excluding carboxylic acids is 5. The van der Waals surface area contributed by atoms with E-state index >= 15 is 0 Å². The van der Waals surface area contributed by atoms with E-state index in [9.17, 15) is 24.0 Å². The first-order chi connectivity index (χ1) is 8.04. The SMILES string of the molecule is O=C1C=CC(=O)[N-]1.O=[C-]ON1C(=O)CCC1=O.[Y].[Y].[Y]. The molecular formula is C9H6N2O6Y3-2. The first-order valence-corrected chi connectivity index (χ1v) is 4.42. The van der Waals surface area contributed by atoms with Gasteiger partial charge in [-0.2, -0.15) is 0 Å². The maximum Gasteiger partial charge on any atom is 0.260 e. The van der Waals surface area contributed by atoms with E-state index in [2.05, 4.69) is 10.2 Å². The zero-order valence-electron chi connectivity index (χ0n) is 10.1. The van der Waals surface area contributed by atoms with Gasteiger partial charge >= 0.3 is 0 Å². The summed E-state index contributed by atoms with van der Waals surface area (Å²) in [7, 11) is 0. The number of carbonyl (C=O) groups is 4. The maximum atomic E-state index is 10.6. The molecule has 8 nitrogen and oxygen atoms in total. The molecule has 0 saturated carbocycles. The Labute approximate surface area is 189 Å². The molecule has 20 heavy (non-hydrogen) atoms. The van der Waals surface area contributed by atoms with Crippen LogP contribution in [0.2, 0.25) is 0 Å². The van der Waals surface area contributed by atoms with Gasteiger partial charge in [0.2, 0.25) is 0 Å². The second-order valence-electron chi connectivity index (χ2n) is 2.88. The third-order valence-electron chi connectivity index (χ3n) is 1.72. The fraction of sp³-hybridized carbons (Fsp3) is 0.222. The van der Waals surface area contributed by atoms with Crippen molar-refractivity contribution in [2.45, 2.75) is 12.8 Å².